The molecule has 0 N–H and O–H groups in total. The third-order valence-electron chi connectivity index (χ3n) is 1.47. The second kappa shape index (κ2) is 8.54. The van der Waals surface area contributed by atoms with Gasteiger partial charge < -0.3 is 0 Å². The largest absolute Gasteiger partial charge is 0.119 e. The van der Waals surface area contributed by atoms with Crippen LogP contribution in [-0.2, 0) is 0 Å². The molecule has 0 saturated heterocycles. The zero-order valence-corrected chi connectivity index (χ0v) is 9.19. The van der Waals surface area contributed by atoms with E-state index in [0.717, 1.165) is 6.42 Å². The molecule has 0 aliphatic rings. The van der Waals surface area contributed by atoms with E-state index < -0.39 is 0 Å². The summed E-state index contributed by atoms with van der Waals surface area (Å²) < 4.78 is 1.20. The minimum atomic E-state index is 1.12. The molecule has 0 bridgehead atoms. The highest BCUT2D eigenvalue weighted by Gasteiger charge is 1.94. The maximum absolute atomic E-state index is 5.17. The maximum atomic E-state index is 5.17. The summed E-state index contributed by atoms with van der Waals surface area (Å²) in [5, 5.41) is 0. The second-order valence-corrected chi connectivity index (χ2v) is 4.62. The molecule has 0 nitrogen and oxygen atoms in total. The van der Waals surface area contributed by atoms with E-state index in [1.165, 1.54) is 35.6 Å². The molecule has 0 spiro atoms. The van der Waals surface area contributed by atoms with Crippen LogP contribution in [-0.4, -0.2) is 9.95 Å². The van der Waals surface area contributed by atoms with E-state index in [2.05, 4.69) is 13.8 Å². The molecule has 0 aromatic carbocycles. The van der Waals surface area contributed by atoms with Crippen LogP contribution in [0.1, 0.15) is 46.0 Å². The van der Waals surface area contributed by atoms with Crippen LogP contribution >= 0.6 is 24.0 Å². The molecule has 0 aromatic rings. The molecule has 0 aliphatic heterocycles. The van der Waals surface area contributed by atoms with Gasteiger partial charge in [0.05, 0.1) is 0 Å². The Morgan fingerprint density at radius 3 is 2.45 bits per heavy atom. The Kier molecular flexibility index (Phi) is 8.88. The highest BCUT2D eigenvalue weighted by atomic mass is 32.2. The van der Waals surface area contributed by atoms with Gasteiger partial charge in [0.25, 0.3) is 0 Å². The molecule has 0 atom stereocenters. The van der Waals surface area contributed by atoms with Crippen molar-refractivity contribution in [2.75, 3.05) is 5.75 Å². The van der Waals surface area contributed by atoms with Crippen molar-refractivity contribution in [1.82, 2.24) is 0 Å². The highest BCUT2D eigenvalue weighted by molar-refractivity contribution is 8.23. The molecule has 0 saturated carbocycles. The fourth-order valence-electron chi connectivity index (χ4n) is 0.814. The second-order valence-electron chi connectivity index (χ2n) is 2.68. The monoisotopic (exact) mass is 190 g/mol. The lowest BCUT2D eigenvalue weighted by atomic mass is 10.3. The Labute approximate surface area is 80.1 Å². The van der Waals surface area contributed by atoms with Crippen LogP contribution < -0.4 is 0 Å². The first-order valence-corrected chi connectivity index (χ1v) is 5.86. The molecule has 0 unspecified atom stereocenters. The maximum Gasteiger partial charge on any atom is 0.0478 e. The number of hydrogen-bond donors (Lipinski definition) is 0. The van der Waals surface area contributed by atoms with Crippen molar-refractivity contribution >= 4 is 28.2 Å². The Morgan fingerprint density at radius 2 is 1.91 bits per heavy atom. The summed E-state index contributed by atoms with van der Waals surface area (Å²) in [6, 6.07) is 0. The predicted octanol–water partition coefficient (Wildman–Crippen LogP) is 4.04. The molecule has 0 amide bonds. The molecule has 66 valence electrons. The first kappa shape index (κ1) is 11.4. The van der Waals surface area contributed by atoms with Crippen molar-refractivity contribution in [3.8, 4) is 0 Å². The Bertz CT molecular complexity index is 99.7. The van der Waals surface area contributed by atoms with Gasteiger partial charge >= 0.3 is 0 Å². The lowest BCUT2D eigenvalue weighted by Crippen LogP contribution is -1.89. The average Bonchev–Trinajstić information content (AvgIpc) is 1.99. The van der Waals surface area contributed by atoms with Gasteiger partial charge in [0.15, 0.2) is 0 Å². The zero-order chi connectivity index (χ0) is 8.53. The van der Waals surface area contributed by atoms with E-state index in [0.29, 0.717) is 0 Å². The highest BCUT2D eigenvalue weighted by Crippen LogP contribution is 2.12. The van der Waals surface area contributed by atoms with Crippen molar-refractivity contribution in [2.24, 2.45) is 0 Å². The third-order valence-corrected chi connectivity index (χ3v) is 3.04. The molecule has 11 heavy (non-hydrogen) atoms. The SMILES string of the molecule is CCCCCSC(=S)CCC. The molecule has 2 heteroatoms. The first-order valence-electron chi connectivity index (χ1n) is 4.46. The zero-order valence-electron chi connectivity index (χ0n) is 7.56. The van der Waals surface area contributed by atoms with Crippen LogP contribution in [0, 0.1) is 0 Å². The lowest BCUT2D eigenvalue weighted by Gasteiger charge is -2.00. The Balaban J connectivity index is 3.04. The molecular weight excluding hydrogens is 172 g/mol. The first-order chi connectivity index (χ1) is 5.31. The average molecular weight is 190 g/mol. The molecule has 0 aliphatic carbocycles. The van der Waals surface area contributed by atoms with Crippen molar-refractivity contribution < 1.29 is 0 Å². The topological polar surface area (TPSA) is 0 Å². The smallest absolute Gasteiger partial charge is 0.0478 e. The van der Waals surface area contributed by atoms with E-state index in [9.17, 15) is 0 Å². The Morgan fingerprint density at radius 1 is 1.18 bits per heavy atom. The standard InChI is InChI=1S/C9H18S2/c1-3-5-6-8-11-9(10)7-4-2/h3-8H2,1-2H3. The quantitative estimate of drug-likeness (QED) is 0.458. The predicted molar refractivity (Wildman–Crippen MR) is 59.5 cm³/mol. The van der Waals surface area contributed by atoms with Crippen LogP contribution in [0.2, 0.25) is 0 Å². The van der Waals surface area contributed by atoms with Crippen molar-refractivity contribution in [2.45, 2.75) is 46.0 Å². The van der Waals surface area contributed by atoms with E-state index in [-0.39, 0.29) is 0 Å². The summed E-state index contributed by atoms with van der Waals surface area (Å²) in [4.78, 5) is 0. The van der Waals surface area contributed by atoms with Gasteiger partial charge in [0, 0.05) is 4.20 Å². The van der Waals surface area contributed by atoms with Gasteiger partial charge in [-0.2, -0.15) is 0 Å². The Hall–Kier alpha value is 0.440. The van der Waals surface area contributed by atoms with Gasteiger partial charge in [-0.25, -0.2) is 0 Å². The van der Waals surface area contributed by atoms with Crippen molar-refractivity contribution in [3.63, 3.8) is 0 Å². The van der Waals surface area contributed by atoms with E-state index in [1.807, 2.05) is 11.8 Å². The van der Waals surface area contributed by atoms with Crippen LogP contribution in [0.5, 0.6) is 0 Å². The molecular formula is C9H18S2. The van der Waals surface area contributed by atoms with E-state index in [1.54, 1.807) is 0 Å². The number of hydrogen-bond acceptors (Lipinski definition) is 2. The summed E-state index contributed by atoms with van der Waals surface area (Å²) in [5.74, 6) is 1.23. The van der Waals surface area contributed by atoms with Gasteiger partial charge in [0.2, 0.25) is 0 Å². The number of rotatable bonds is 6. The normalized spacial score (nSPS) is 10.0. The molecule has 0 rings (SSSR count). The van der Waals surface area contributed by atoms with Crippen molar-refractivity contribution in [1.29, 1.82) is 0 Å². The summed E-state index contributed by atoms with van der Waals surface area (Å²) in [6.45, 7) is 4.41. The summed E-state index contributed by atoms with van der Waals surface area (Å²) in [5.41, 5.74) is 0. The minimum absolute atomic E-state index is 1.12. The van der Waals surface area contributed by atoms with E-state index >= 15 is 0 Å². The van der Waals surface area contributed by atoms with Crippen LogP contribution in [0.3, 0.4) is 0 Å². The van der Waals surface area contributed by atoms with E-state index in [4.69, 9.17) is 12.2 Å². The van der Waals surface area contributed by atoms with Gasteiger partial charge in [-0.3, -0.25) is 0 Å². The third kappa shape index (κ3) is 8.35. The molecule has 0 heterocycles. The lowest BCUT2D eigenvalue weighted by molar-refractivity contribution is 0.779. The van der Waals surface area contributed by atoms with Gasteiger partial charge in [-0.1, -0.05) is 45.3 Å². The fraction of sp³-hybridized carbons (Fsp3) is 0.889. The van der Waals surface area contributed by atoms with Gasteiger partial charge in [-0.05, 0) is 18.6 Å². The minimum Gasteiger partial charge on any atom is -0.119 e. The molecule has 0 fully saturated rings. The number of unbranched alkanes of at least 4 members (excludes halogenated alkanes) is 2. The summed E-state index contributed by atoms with van der Waals surface area (Å²) >= 11 is 7.04. The summed E-state index contributed by atoms with van der Waals surface area (Å²) in [7, 11) is 0. The number of thiocarbonyl (C=S) groups is 1. The van der Waals surface area contributed by atoms with Crippen LogP contribution in [0.15, 0.2) is 0 Å². The van der Waals surface area contributed by atoms with Gasteiger partial charge in [0.1, 0.15) is 0 Å². The van der Waals surface area contributed by atoms with Gasteiger partial charge in [-0.15, -0.1) is 11.8 Å². The van der Waals surface area contributed by atoms with Crippen LogP contribution in [0.25, 0.3) is 0 Å². The fourth-order valence-corrected chi connectivity index (χ4v) is 2.19. The molecule has 0 radical (unpaired) electrons. The van der Waals surface area contributed by atoms with Crippen LogP contribution in [0.4, 0.5) is 0 Å². The van der Waals surface area contributed by atoms with Crippen molar-refractivity contribution in [3.05, 3.63) is 0 Å². The summed E-state index contributed by atoms with van der Waals surface area (Å²) in [6.07, 6.45) is 6.29. The number of thioether (sulfide) groups is 1. The molecule has 0 aromatic heterocycles.